The van der Waals surface area contributed by atoms with Gasteiger partial charge in [-0.05, 0) is 36.2 Å². The fraction of sp³-hybridized carbons (Fsp3) is 0.286. The van der Waals surface area contributed by atoms with E-state index in [-0.39, 0.29) is 29.5 Å². The molecule has 1 heterocycles. The third-order valence-electron chi connectivity index (χ3n) is 4.93. The van der Waals surface area contributed by atoms with Crippen LogP contribution in [0.15, 0.2) is 53.4 Å². The molecule has 1 aliphatic rings. The van der Waals surface area contributed by atoms with E-state index in [4.69, 9.17) is 5.26 Å². The molecule has 0 saturated carbocycles. The zero-order valence-corrected chi connectivity index (χ0v) is 16.6. The zero-order valence-electron chi connectivity index (χ0n) is 15.8. The Kier molecular flexibility index (Phi) is 6.28. The van der Waals surface area contributed by atoms with Gasteiger partial charge in [-0.3, -0.25) is 4.79 Å². The highest BCUT2D eigenvalue weighted by molar-refractivity contribution is 7.89. The number of carbonyl (C=O) groups is 1. The molecule has 1 aliphatic heterocycles. The number of hydrogen-bond acceptors (Lipinski definition) is 5. The van der Waals surface area contributed by atoms with E-state index in [1.165, 1.54) is 16.4 Å². The van der Waals surface area contributed by atoms with Crippen LogP contribution in [0.1, 0.15) is 23.1 Å². The number of rotatable bonds is 5. The van der Waals surface area contributed by atoms with Crippen LogP contribution >= 0.6 is 0 Å². The summed E-state index contributed by atoms with van der Waals surface area (Å²) in [6, 6.07) is 17.2. The van der Waals surface area contributed by atoms with E-state index in [9.17, 15) is 18.5 Å². The Labute approximate surface area is 170 Å². The van der Waals surface area contributed by atoms with Crippen LogP contribution in [-0.4, -0.2) is 49.7 Å². The Morgan fingerprint density at radius 1 is 0.931 bits per heavy atom. The first-order chi connectivity index (χ1) is 14.0. The molecule has 0 aromatic heterocycles. The Balaban J connectivity index is 1.57. The molecule has 148 valence electrons. The maximum Gasteiger partial charge on any atom is 0.244 e. The standard InChI is InChI=1S/C21H20N4O3S/c22-15-18-7-5-17(6-8-18)9-10-21(26)24-11-13-25(14-12-24)29(27,28)20-4-2-1-3-19(20)16-23/h1-8H,9-14H2. The lowest BCUT2D eigenvalue weighted by Gasteiger charge is -2.34. The summed E-state index contributed by atoms with van der Waals surface area (Å²) in [4.78, 5) is 14.2. The van der Waals surface area contributed by atoms with Gasteiger partial charge < -0.3 is 4.90 Å². The van der Waals surface area contributed by atoms with Gasteiger partial charge in [0.15, 0.2) is 0 Å². The predicted molar refractivity (Wildman–Crippen MR) is 106 cm³/mol. The van der Waals surface area contributed by atoms with Gasteiger partial charge in [-0.25, -0.2) is 8.42 Å². The van der Waals surface area contributed by atoms with Crippen molar-refractivity contribution in [2.75, 3.05) is 26.2 Å². The Morgan fingerprint density at radius 2 is 1.59 bits per heavy atom. The minimum absolute atomic E-state index is 0.00286. The summed E-state index contributed by atoms with van der Waals surface area (Å²) < 4.78 is 27.0. The maximum absolute atomic E-state index is 12.9. The number of sulfonamides is 1. The quantitative estimate of drug-likeness (QED) is 0.751. The SMILES string of the molecule is N#Cc1ccc(CCC(=O)N2CCN(S(=O)(=O)c3ccccc3C#N)CC2)cc1. The van der Waals surface area contributed by atoms with Gasteiger partial charge in [-0.15, -0.1) is 0 Å². The molecule has 2 aromatic rings. The van der Waals surface area contributed by atoms with Gasteiger partial charge in [0, 0.05) is 32.6 Å². The summed E-state index contributed by atoms with van der Waals surface area (Å²) >= 11 is 0. The molecule has 8 heteroatoms. The lowest BCUT2D eigenvalue weighted by Crippen LogP contribution is -2.50. The second-order valence-electron chi connectivity index (χ2n) is 6.70. The fourth-order valence-corrected chi connectivity index (χ4v) is 4.82. The smallest absolute Gasteiger partial charge is 0.244 e. The first-order valence-corrected chi connectivity index (χ1v) is 10.7. The van der Waals surface area contributed by atoms with Gasteiger partial charge in [0.2, 0.25) is 15.9 Å². The molecule has 1 amide bonds. The topological polar surface area (TPSA) is 105 Å². The fourth-order valence-electron chi connectivity index (χ4n) is 3.26. The largest absolute Gasteiger partial charge is 0.340 e. The molecule has 1 saturated heterocycles. The number of amides is 1. The molecule has 0 aliphatic carbocycles. The number of nitriles is 2. The van der Waals surface area contributed by atoms with Crippen molar-refractivity contribution in [3.05, 3.63) is 65.2 Å². The van der Waals surface area contributed by atoms with E-state index in [2.05, 4.69) is 6.07 Å². The highest BCUT2D eigenvalue weighted by atomic mass is 32.2. The molecule has 29 heavy (non-hydrogen) atoms. The summed E-state index contributed by atoms with van der Waals surface area (Å²) in [5, 5.41) is 18.0. The van der Waals surface area contributed by atoms with Crippen LogP contribution < -0.4 is 0 Å². The van der Waals surface area contributed by atoms with Gasteiger partial charge in [0.1, 0.15) is 6.07 Å². The van der Waals surface area contributed by atoms with Crippen molar-refractivity contribution in [2.24, 2.45) is 0 Å². The molecule has 0 spiro atoms. The highest BCUT2D eigenvalue weighted by Crippen LogP contribution is 2.21. The number of benzene rings is 2. The van der Waals surface area contributed by atoms with E-state index in [1.54, 1.807) is 29.2 Å². The van der Waals surface area contributed by atoms with Crippen LogP contribution in [-0.2, 0) is 21.2 Å². The average molecular weight is 408 g/mol. The van der Waals surface area contributed by atoms with Crippen molar-refractivity contribution in [2.45, 2.75) is 17.7 Å². The van der Waals surface area contributed by atoms with Crippen molar-refractivity contribution >= 4 is 15.9 Å². The lowest BCUT2D eigenvalue weighted by atomic mass is 10.1. The molecule has 0 atom stereocenters. The third-order valence-corrected chi connectivity index (χ3v) is 6.88. The monoisotopic (exact) mass is 408 g/mol. The van der Waals surface area contributed by atoms with Crippen LogP contribution in [0.4, 0.5) is 0 Å². The van der Waals surface area contributed by atoms with E-state index < -0.39 is 10.0 Å². The minimum atomic E-state index is -3.77. The van der Waals surface area contributed by atoms with Crippen molar-refractivity contribution < 1.29 is 13.2 Å². The Hall–Kier alpha value is -3.20. The summed E-state index contributed by atoms with van der Waals surface area (Å²) in [5.74, 6) is -0.0242. The van der Waals surface area contributed by atoms with E-state index in [1.807, 2.05) is 18.2 Å². The second kappa shape index (κ2) is 8.87. The molecular formula is C21H20N4O3S. The molecule has 0 N–H and O–H groups in total. The third kappa shape index (κ3) is 4.62. The second-order valence-corrected chi connectivity index (χ2v) is 8.61. The predicted octanol–water partition coefficient (Wildman–Crippen LogP) is 1.90. The number of hydrogen-bond donors (Lipinski definition) is 0. The first kappa shape index (κ1) is 20.5. The van der Waals surface area contributed by atoms with Crippen LogP contribution in [0.25, 0.3) is 0 Å². The summed E-state index contributed by atoms with van der Waals surface area (Å²) in [5.41, 5.74) is 1.68. The summed E-state index contributed by atoms with van der Waals surface area (Å²) in [7, 11) is -3.77. The maximum atomic E-state index is 12.9. The lowest BCUT2D eigenvalue weighted by molar-refractivity contribution is -0.132. The number of carbonyl (C=O) groups excluding carboxylic acids is 1. The Bertz CT molecular complexity index is 1070. The number of aryl methyl sites for hydroxylation is 1. The van der Waals surface area contributed by atoms with Crippen molar-refractivity contribution in [3.8, 4) is 12.1 Å². The van der Waals surface area contributed by atoms with Gasteiger partial charge >= 0.3 is 0 Å². The van der Waals surface area contributed by atoms with Crippen LogP contribution in [0.3, 0.4) is 0 Å². The van der Waals surface area contributed by atoms with E-state index in [0.29, 0.717) is 31.5 Å². The van der Waals surface area contributed by atoms with E-state index in [0.717, 1.165) is 5.56 Å². The van der Waals surface area contributed by atoms with Crippen LogP contribution in [0, 0.1) is 22.7 Å². The number of piperazine rings is 1. The minimum Gasteiger partial charge on any atom is -0.340 e. The van der Waals surface area contributed by atoms with Gasteiger partial charge in [0.05, 0.1) is 22.1 Å². The zero-order chi connectivity index (χ0) is 20.9. The van der Waals surface area contributed by atoms with Gasteiger partial charge in [-0.2, -0.15) is 14.8 Å². The summed E-state index contributed by atoms with van der Waals surface area (Å²) in [6.45, 7) is 1.04. The highest BCUT2D eigenvalue weighted by Gasteiger charge is 2.31. The normalized spacial score (nSPS) is 14.8. The summed E-state index contributed by atoms with van der Waals surface area (Å²) in [6.07, 6.45) is 0.897. The van der Waals surface area contributed by atoms with Gasteiger partial charge in [0.25, 0.3) is 0 Å². The molecule has 1 fully saturated rings. The first-order valence-electron chi connectivity index (χ1n) is 9.22. The molecule has 7 nitrogen and oxygen atoms in total. The Morgan fingerprint density at radius 3 is 2.21 bits per heavy atom. The van der Waals surface area contributed by atoms with Crippen molar-refractivity contribution in [1.29, 1.82) is 10.5 Å². The number of nitrogens with zero attached hydrogens (tertiary/aromatic N) is 4. The van der Waals surface area contributed by atoms with E-state index >= 15 is 0 Å². The molecule has 2 aromatic carbocycles. The molecule has 0 radical (unpaired) electrons. The molecule has 3 rings (SSSR count). The van der Waals surface area contributed by atoms with Crippen LogP contribution in [0.2, 0.25) is 0 Å². The van der Waals surface area contributed by atoms with Crippen molar-refractivity contribution in [3.63, 3.8) is 0 Å². The molecular weight excluding hydrogens is 388 g/mol. The average Bonchev–Trinajstić information content (AvgIpc) is 2.77. The molecule has 0 bridgehead atoms. The van der Waals surface area contributed by atoms with Gasteiger partial charge in [-0.1, -0.05) is 24.3 Å². The molecule has 0 unspecified atom stereocenters. The van der Waals surface area contributed by atoms with Crippen molar-refractivity contribution in [1.82, 2.24) is 9.21 Å². The van der Waals surface area contributed by atoms with Crippen LogP contribution in [0.5, 0.6) is 0 Å².